The van der Waals surface area contributed by atoms with Crippen LogP contribution >= 0.6 is 0 Å². The molecule has 0 fully saturated rings. The Kier molecular flexibility index (Phi) is 7.39. The molecule has 0 heterocycles. The summed E-state index contributed by atoms with van der Waals surface area (Å²) in [4.78, 5) is 4.27. The molecule has 1 rings (SSSR count). The highest BCUT2D eigenvalue weighted by Gasteiger charge is 2.08. The van der Waals surface area contributed by atoms with Gasteiger partial charge >= 0.3 is 0 Å². The monoisotopic (exact) mass is 304 g/mol. The van der Waals surface area contributed by atoms with Crippen LogP contribution in [0.25, 0.3) is 0 Å². The van der Waals surface area contributed by atoms with E-state index in [-0.39, 0.29) is 5.54 Å². The van der Waals surface area contributed by atoms with Gasteiger partial charge in [-0.25, -0.2) is 0 Å². The molecule has 0 radical (unpaired) electrons. The fourth-order valence-corrected chi connectivity index (χ4v) is 2.10. The first-order chi connectivity index (χ1) is 10.3. The van der Waals surface area contributed by atoms with Crippen LogP contribution in [-0.4, -0.2) is 38.2 Å². The molecule has 0 saturated heterocycles. The molecule has 0 aromatic heterocycles. The second-order valence-electron chi connectivity index (χ2n) is 6.87. The van der Waals surface area contributed by atoms with E-state index in [1.165, 1.54) is 11.1 Å². The lowest BCUT2D eigenvalue weighted by Crippen LogP contribution is -2.45. The number of hydrogen-bond acceptors (Lipinski definition) is 2. The smallest absolute Gasteiger partial charge is 0.191 e. The highest BCUT2D eigenvalue weighted by Crippen LogP contribution is 2.14. The number of guanidine groups is 1. The van der Waals surface area contributed by atoms with Crippen molar-refractivity contribution < 1.29 is 0 Å². The Hall–Kier alpha value is -1.55. The minimum Gasteiger partial charge on any atom is -0.356 e. The molecule has 4 nitrogen and oxygen atoms in total. The van der Waals surface area contributed by atoms with Crippen LogP contribution in [0.5, 0.6) is 0 Å². The molecule has 0 aliphatic heterocycles. The van der Waals surface area contributed by atoms with Crippen molar-refractivity contribution in [3.05, 3.63) is 35.4 Å². The van der Waals surface area contributed by atoms with E-state index < -0.39 is 0 Å². The van der Waals surface area contributed by atoms with Crippen molar-refractivity contribution in [1.82, 2.24) is 16.0 Å². The van der Waals surface area contributed by atoms with Crippen LogP contribution in [0.4, 0.5) is 0 Å². The van der Waals surface area contributed by atoms with Crippen molar-refractivity contribution in [2.75, 3.05) is 26.7 Å². The Morgan fingerprint density at radius 3 is 2.27 bits per heavy atom. The standard InChI is InChI=1S/C18H32N4/c1-14-7-9-16(10-8-14)15(2)13-21-17(19-6)20-11-12-22-18(3,4)5/h7-10,15,22H,11-13H2,1-6H3,(H2,19,20,21). The third-order valence-electron chi connectivity index (χ3n) is 3.52. The molecule has 0 aliphatic rings. The average molecular weight is 304 g/mol. The lowest BCUT2D eigenvalue weighted by molar-refractivity contribution is 0.428. The molecule has 4 heteroatoms. The molecule has 0 amide bonds. The summed E-state index contributed by atoms with van der Waals surface area (Å²) in [5, 5.41) is 10.2. The summed E-state index contributed by atoms with van der Waals surface area (Å²) >= 11 is 0. The number of benzene rings is 1. The van der Waals surface area contributed by atoms with Gasteiger partial charge < -0.3 is 16.0 Å². The largest absolute Gasteiger partial charge is 0.356 e. The molecule has 1 aromatic carbocycles. The lowest BCUT2D eigenvalue weighted by atomic mass is 10.0. The molecule has 1 unspecified atom stereocenters. The number of aliphatic imine (C=N–C) groups is 1. The van der Waals surface area contributed by atoms with E-state index in [1.54, 1.807) is 0 Å². The van der Waals surface area contributed by atoms with Crippen LogP contribution in [0.1, 0.15) is 44.7 Å². The molecule has 0 bridgehead atoms. The van der Waals surface area contributed by atoms with Crippen LogP contribution in [-0.2, 0) is 0 Å². The van der Waals surface area contributed by atoms with Gasteiger partial charge in [0.2, 0.25) is 0 Å². The van der Waals surface area contributed by atoms with Crippen LogP contribution in [0, 0.1) is 6.92 Å². The van der Waals surface area contributed by atoms with Gasteiger partial charge in [-0.15, -0.1) is 0 Å². The van der Waals surface area contributed by atoms with Gasteiger partial charge in [-0.3, -0.25) is 4.99 Å². The number of rotatable bonds is 6. The van der Waals surface area contributed by atoms with Gasteiger partial charge in [-0.2, -0.15) is 0 Å². The van der Waals surface area contributed by atoms with Gasteiger partial charge in [0.05, 0.1) is 0 Å². The second-order valence-corrected chi connectivity index (χ2v) is 6.87. The lowest BCUT2D eigenvalue weighted by Gasteiger charge is -2.21. The van der Waals surface area contributed by atoms with Crippen LogP contribution in [0.3, 0.4) is 0 Å². The molecule has 0 saturated carbocycles. The fourth-order valence-electron chi connectivity index (χ4n) is 2.10. The number of aryl methyl sites for hydroxylation is 1. The van der Waals surface area contributed by atoms with E-state index in [4.69, 9.17) is 0 Å². The van der Waals surface area contributed by atoms with Crippen molar-refractivity contribution >= 4 is 5.96 Å². The zero-order chi connectivity index (χ0) is 16.6. The van der Waals surface area contributed by atoms with Gasteiger partial charge in [-0.1, -0.05) is 36.8 Å². The predicted octanol–water partition coefficient (Wildman–Crippen LogP) is 2.65. The third-order valence-corrected chi connectivity index (χ3v) is 3.52. The van der Waals surface area contributed by atoms with Crippen molar-refractivity contribution in [2.24, 2.45) is 4.99 Å². The molecular formula is C18H32N4. The summed E-state index contributed by atoms with van der Waals surface area (Å²) in [5.74, 6) is 1.31. The Balaban J connectivity index is 2.33. The number of nitrogens with one attached hydrogen (secondary N) is 3. The summed E-state index contributed by atoms with van der Waals surface area (Å²) in [6.07, 6.45) is 0. The Morgan fingerprint density at radius 1 is 1.09 bits per heavy atom. The molecule has 124 valence electrons. The number of hydrogen-bond donors (Lipinski definition) is 3. The summed E-state index contributed by atoms with van der Waals surface area (Å²) in [7, 11) is 1.81. The summed E-state index contributed by atoms with van der Waals surface area (Å²) in [6.45, 7) is 13.5. The van der Waals surface area contributed by atoms with Crippen molar-refractivity contribution in [2.45, 2.75) is 46.1 Å². The zero-order valence-corrected chi connectivity index (χ0v) is 15.0. The maximum atomic E-state index is 4.27. The minimum atomic E-state index is 0.151. The van der Waals surface area contributed by atoms with E-state index in [9.17, 15) is 0 Å². The highest BCUT2D eigenvalue weighted by atomic mass is 15.2. The van der Waals surface area contributed by atoms with E-state index in [2.05, 4.69) is 79.8 Å². The normalized spacial score (nSPS) is 13.8. The van der Waals surface area contributed by atoms with Crippen molar-refractivity contribution in [1.29, 1.82) is 0 Å². The highest BCUT2D eigenvalue weighted by molar-refractivity contribution is 5.79. The summed E-state index contributed by atoms with van der Waals surface area (Å²) in [6, 6.07) is 8.73. The Morgan fingerprint density at radius 2 is 1.73 bits per heavy atom. The van der Waals surface area contributed by atoms with Gasteiger partial charge in [0, 0.05) is 32.2 Å². The Bertz CT molecular complexity index is 457. The summed E-state index contributed by atoms with van der Waals surface area (Å²) < 4.78 is 0. The first-order valence-electron chi connectivity index (χ1n) is 8.08. The van der Waals surface area contributed by atoms with Gasteiger partial charge in [0.25, 0.3) is 0 Å². The van der Waals surface area contributed by atoms with E-state index in [0.717, 1.165) is 25.6 Å². The zero-order valence-electron chi connectivity index (χ0n) is 15.0. The average Bonchev–Trinajstić information content (AvgIpc) is 2.46. The van der Waals surface area contributed by atoms with E-state index in [1.807, 2.05) is 7.05 Å². The molecule has 0 aliphatic carbocycles. The molecule has 22 heavy (non-hydrogen) atoms. The van der Waals surface area contributed by atoms with Crippen LogP contribution < -0.4 is 16.0 Å². The van der Waals surface area contributed by atoms with Crippen LogP contribution in [0.15, 0.2) is 29.3 Å². The van der Waals surface area contributed by atoms with Crippen molar-refractivity contribution in [3.63, 3.8) is 0 Å². The van der Waals surface area contributed by atoms with Gasteiger partial charge in [0.15, 0.2) is 5.96 Å². The van der Waals surface area contributed by atoms with E-state index in [0.29, 0.717) is 5.92 Å². The summed E-state index contributed by atoms with van der Waals surface area (Å²) in [5.41, 5.74) is 2.80. The van der Waals surface area contributed by atoms with Crippen molar-refractivity contribution in [3.8, 4) is 0 Å². The van der Waals surface area contributed by atoms with Gasteiger partial charge in [0.1, 0.15) is 0 Å². The topological polar surface area (TPSA) is 48.5 Å². The predicted molar refractivity (Wildman–Crippen MR) is 96.7 cm³/mol. The molecule has 3 N–H and O–H groups in total. The first-order valence-corrected chi connectivity index (χ1v) is 8.08. The molecule has 1 atom stereocenters. The minimum absolute atomic E-state index is 0.151. The third kappa shape index (κ3) is 7.46. The molecule has 1 aromatic rings. The maximum Gasteiger partial charge on any atom is 0.191 e. The van der Waals surface area contributed by atoms with Gasteiger partial charge in [-0.05, 0) is 39.2 Å². The van der Waals surface area contributed by atoms with Crippen LogP contribution in [0.2, 0.25) is 0 Å². The Labute approximate surface area is 135 Å². The molecule has 0 spiro atoms. The quantitative estimate of drug-likeness (QED) is 0.430. The fraction of sp³-hybridized carbons (Fsp3) is 0.611. The SMILES string of the molecule is CN=C(NCCNC(C)(C)C)NCC(C)c1ccc(C)cc1. The maximum absolute atomic E-state index is 4.27. The number of nitrogens with zero attached hydrogens (tertiary/aromatic N) is 1. The van der Waals surface area contributed by atoms with E-state index >= 15 is 0 Å². The second kappa shape index (κ2) is 8.79. The first kappa shape index (κ1) is 18.5. The molecular weight excluding hydrogens is 272 g/mol.